The second-order valence-electron chi connectivity index (χ2n) is 7.50. The molecule has 7 nitrogen and oxygen atoms in total. The molecule has 0 spiro atoms. The summed E-state index contributed by atoms with van der Waals surface area (Å²) in [6.45, 7) is 4.91. The minimum absolute atomic E-state index is 0.0898. The number of hydrogen-bond donors (Lipinski definition) is 0. The number of carbonyl (C=O) groups is 4. The molecule has 4 rings (SSSR count). The number of hydrogen-bond acceptors (Lipinski definition) is 5. The fourth-order valence-electron chi connectivity index (χ4n) is 3.88. The first-order chi connectivity index (χ1) is 15.0. The predicted molar refractivity (Wildman–Crippen MR) is 112 cm³/mol. The van der Waals surface area contributed by atoms with Crippen LogP contribution in [0.25, 0.3) is 0 Å². The average molecular weight is 418 g/mol. The summed E-state index contributed by atoms with van der Waals surface area (Å²) in [5.74, 6) is -1.90. The number of nitrogens with zero attached hydrogens (tertiary/aromatic N) is 2. The van der Waals surface area contributed by atoms with Crippen molar-refractivity contribution >= 4 is 23.7 Å². The normalized spacial score (nSPS) is 16.3. The quantitative estimate of drug-likeness (QED) is 0.409. The molecule has 1 fully saturated rings. The van der Waals surface area contributed by atoms with Crippen LogP contribution >= 0.6 is 0 Å². The van der Waals surface area contributed by atoms with Crippen LogP contribution in [0.3, 0.4) is 0 Å². The number of esters is 1. The van der Waals surface area contributed by atoms with E-state index >= 15 is 0 Å². The van der Waals surface area contributed by atoms with Crippen molar-refractivity contribution in [1.82, 2.24) is 9.80 Å². The maximum absolute atomic E-state index is 13.0. The van der Waals surface area contributed by atoms with E-state index in [-0.39, 0.29) is 29.1 Å². The average Bonchev–Trinajstić information content (AvgIpc) is 3.41. The van der Waals surface area contributed by atoms with E-state index in [1.54, 1.807) is 29.2 Å². The molecule has 3 amide bonds. The van der Waals surface area contributed by atoms with Gasteiger partial charge in [-0.15, -0.1) is 6.58 Å². The lowest BCUT2D eigenvalue weighted by molar-refractivity contribution is -0.140. The number of amides is 3. The maximum Gasteiger partial charge on any atom is 0.339 e. The van der Waals surface area contributed by atoms with Crippen LogP contribution in [-0.4, -0.2) is 53.1 Å². The van der Waals surface area contributed by atoms with Gasteiger partial charge in [-0.1, -0.05) is 36.4 Å². The van der Waals surface area contributed by atoms with Crippen LogP contribution in [0.1, 0.15) is 55.6 Å². The van der Waals surface area contributed by atoms with Crippen molar-refractivity contribution in [2.24, 2.45) is 0 Å². The Hall–Kier alpha value is -3.74. The van der Waals surface area contributed by atoms with Crippen molar-refractivity contribution in [3.63, 3.8) is 0 Å². The van der Waals surface area contributed by atoms with Gasteiger partial charge in [0.05, 0.1) is 16.7 Å². The first-order valence-electron chi connectivity index (χ1n) is 10.2. The lowest BCUT2D eigenvalue weighted by Gasteiger charge is -2.23. The minimum atomic E-state index is -1.07. The zero-order chi connectivity index (χ0) is 22.0. The van der Waals surface area contributed by atoms with Crippen molar-refractivity contribution in [3.8, 4) is 0 Å². The van der Waals surface area contributed by atoms with Gasteiger partial charge in [0, 0.05) is 25.2 Å². The molecule has 0 N–H and O–H groups in total. The van der Waals surface area contributed by atoms with Crippen LogP contribution in [0, 0.1) is 0 Å². The second kappa shape index (κ2) is 8.55. The van der Waals surface area contributed by atoms with E-state index in [1.807, 2.05) is 6.07 Å². The molecule has 0 bridgehead atoms. The van der Waals surface area contributed by atoms with Crippen LogP contribution in [0.4, 0.5) is 0 Å². The monoisotopic (exact) mass is 418 g/mol. The molecule has 31 heavy (non-hydrogen) atoms. The third-order valence-electron chi connectivity index (χ3n) is 5.49. The molecule has 1 atom stereocenters. The van der Waals surface area contributed by atoms with E-state index in [0.717, 1.165) is 17.7 Å². The number of rotatable bonds is 6. The molecule has 2 heterocycles. The van der Waals surface area contributed by atoms with E-state index < -0.39 is 23.9 Å². The third-order valence-corrected chi connectivity index (χ3v) is 5.49. The first-order valence-corrected chi connectivity index (χ1v) is 10.2. The Labute approximate surface area is 179 Å². The van der Waals surface area contributed by atoms with Gasteiger partial charge in [-0.05, 0) is 31.0 Å². The highest BCUT2D eigenvalue weighted by atomic mass is 16.5. The first kappa shape index (κ1) is 20.5. The largest absolute Gasteiger partial charge is 0.444 e. The Morgan fingerprint density at radius 1 is 1.00 bits per heavy atom. The number of likely N-dealkylation sites (tertiary alicyclic amines) is 1. The lowest BCUT2D eigenvalue weighted by atomic mass is 10.1. The number of carbonyl (C=O) groups excluding carboxylic acids is 4. The van der Waals surface area contributed by atoms with E-state index in [1.165, 1.54) is 24.3 Å². The van der Waals surface area contributed by atoms with Gasteiger partial charge >= 0.3 is 5.97 Å². The van der Waals surface area contributed by atoms with Gasteiger partial charge in [0.2, 0.25) is 6.10 Å². The van der Waals surface area contributed by atoms with Crippen molar-refractivity contribution in [1.29, 1.82) is 0 Å². The molecule has 2 aliphatic rings. The van der Waals surface area contributed by atoms with Crippen molar-refractivity contribution in [3.05, 3.63) is 83.4 Å². The maximum atomic E-state index is 13.0. The highest BCUT2D eigenvalue weighted by Crippen LogP contribution is 2.27. The minimum Gasteiger partial charge on any atom is -0.444 e. The molecule has 7 heteroatoms. The second-order valence-corrected chi connectivity index (χ2v) is 7.50. The number of ether oxygens (including phenoxy) is 1. The molecular weight excluding hydrogens is 396 g/mol. The van der Waals surface area contributed by atoms with Gasteiger partial charge in [-0.25, -0.2) is 4.79 Å². The molecule has 2 aromatic carbocycles. The van der Waals surface area contributed by atoms with Crippen LogP contribution in [-0.2, 0) is 9.53 Å². The summed E-state index contributed by atoms with van der Waals surface area (Å²) in [7, 11) is 0. The van der Waals surface area contributed by atoms with Crippen LogP contribution in [0.15, 0.2) is 61.2 Å². The summed E-state index contributed by atoms with van der Waals surface area (Å²) in [6.07, 6.45) is 2.23. The van der Waals surface area contributed by atoms with Crippen LogP contribution < -0.4 is 0 Å². The SMILES string of the molecule is C=CCN1C(=O)c2ccc(C(=O)O[C@@H](C(=O)N3CCCC3)c3ccccc3)cc2C1=O. The summed E-state index contributed by atoms with van der Waals surface area (Å²) in [4.78, 5) is 53.6. The Morgan fingerprint density at radius 2 is 1.68 bits per heavy atom. The summed E-state index contributed by atoms with van der Waals surface area (Å²) >= 11 is 0. The zero-order valence-corrected chi connectivity index (χ0v) is 17.0. The van der Waals surface area contributed by atoms with Gasteiger partial charge in [0.15, 0.2) is 0 Å². The lowest BCUT2D eigenvalue weighted by Crippen LogP contribution is -2.34. The van der Waals surface area contributed by atoms with Gasteiger partial charge in [0.25, 0.3) is 17.7 Å². The van der Waals surface area contributed by atoms with Crippen LogP contribution in [0.5, 0.6) is 0 Å². The van der Waals surface area contributed by atoms with Gasteiger partial charge in [0.1, 0.15) is 0 Å². The fraction of sp³-hybridized carbons (Fsp3) is 0.250. The molecule has 2 aliphatic heterocycles. The van der Waals surface area contributed by atoms with Crippen molar-refractivity contribution in [2.45, 2.75) is 18.9 Å². The van der Waals surface area contributed by atoms with Crippen molar-refractivity contribution < 1.29 is 23.9 Å². The Morgan fingerprint density at radius 3 is 2.35 bits per heavy atom. The highest BCUT2D eigenvalue weighted by Gasteiger charge is 2.36. The van der Waals surface area contributed by atoms with Gasteiger partial charge < -0.3 is 9.64 Å². The van der Waals surface area contributed by atoms with Crippen molar-refractivity contribution in [2.75, 3.05) is 19.6 Å². The standard InChI is InChI=1S/C24H22N2O5/c1-2-12-26-21(27)18-11-10-17(15-19(18)22(26)28)24(30)31-20(16-8-4-3-5-9-16)23(29)25-13-6-7-14-25/h2-5,8-11,15,20H,1,6-7,12-14H2/t20-/m1/s1. The Kier molecular flexibility index (Phi) is 5.66. The Balaban J connectivity index is 1.60. The molecule has 2 aromatic rings. The highest BCUT2D eigenvalue weighted by molar-refractivity contribution is 6.22. The molecule has 158 valence electrons. The molecule has 0 aliphatic carbocycles. The zero-order valence-electron chi connectivity index (χ0n) is 17.0. The van der Waals surface area contributed by atoms with E-state index in [2.05, 4.69) is 6.58 Å². The van der Waals surface area contributed by atoms with E-state index in [9.17, 15) is 19.2 Å². The van der Waals surface area contributed by atoms with Crippen LogP contribution in [0.2, 0.25) is 0 Å². The summed E-state index contributed by atoms with van der Waals surface area (Å²) in [5, 5.41) is 0. The number of benzene rings is 2. The molecular formula is C24H22N2O5. The number of imide groups is 1. The van der Waals surface area contributed by atoms with E-state index in [0.29, 0.717) is 18.7 Å². The number of fused-ring (bicyclic) bond motifs is 1. The third kappa shape index (κ3) is 3.86. The topological polar surface area (TPSA) is 84.0 Å². The summed E-state index contributed by atoms with van der Waals surface area (Å²) in [5.41, 5.74) is 1.06. The smallest absolute Gasteiger partial charge is 0.339 e. The summed E-state index contributed by atoms with van der Waals surface area (Å²) in [6, 6.07) is 13.1. The van der Waals surface area contributed by atoms with Gasteiger partial charge in [-0.3, -0.25) is 19.3 Å². The summed E-state index contributed by atoms with van der Waals surface area (Å²) < 4.78 is 5.64. The molecule has 0 unspecified atom stereocenters. The van der Waals surface area contributed by atoms with E-state index in [4.69, 9.17) is 4.74 Å². The predicted octanol–water partition coefficient (Wildman–Crippen LogP) is 2.99. The molecule has 1 saturated heterocycles. The molecule has 0 saturated carbocycles. The molecule has 0 aromatic heterocycles. The van der Waals surface area contributed by atoms with Gasteiger partial charge in [-0.2, -0.15) is 0 Å². The fourth-order valence-corrected chi connectivity index (χ4v) is 3.88. The Bertz CT molecular complexity index is 1060. The molecule has 0 radical (unpaired) electrons.